The van der Waals surface area contributed by atoms with Crippen LogP contribution in [0.5, 0.6) is 0 Å². The van der Waals surface area contributed by atoms with Crippen molar-refractivity contribution in [3.8, 4) is 6.07 Å². The van der Waals surface area contributed by atoms with Crippen LogP contribution in [0, 0.1) is 11.3 Å². The van der Waals surface area contributed by atoms with E-state index in [1.807, 2.05) is 54.2 Å². The van der Waals surface area contributed by atoms with Crippen LogP contribution in [-0.2, 0) is 21.2 Å². The fraction of sp³-hybridized carbons (Fsp3) is 0.318. The van der Waals surface area contributed by atoms with Crippen LogP contribution < -0.4 is 15.1 Å². The predicted molar refractivity (Wildman–Crippen MR) is 129 cm³/mol. The fourth-order valence-corrected chi connectivity index (χ4v) is 7.61. The van der Waals surface area contributed by atoms with Gasteiger partial charge in [-0.1, -0.05) is 11.8 Å². The van der Waals surface area contributed by atoms with Crippen molar-refractivity contribution < 1.29 is 17.6 Å². The molecule has 0 radical (unpaired) electrons. The van der Waals surface area contributed by atoms with Crippen molar-refractivity contribution in [2.75, 3.05) is 35.4 Å². The van der Waals surface area contributed by atoms with Crippen LogP contribution in [0.3, 0.4) is 0 Å². The Morgan fingerprint density at radius 3 is 2.73 bits per heavy atom. The minimum atomic E-state index is -3.14. The average molecular weight is 486 g/mol. The zero-order valence-electron chi connectivity index (χ0n) is 18.1. The van der Waals surface area contributed by atoms with Gasteiger partial charge in [0.2, 0.25) is 0 Å². The molecular formula is C22H23N5O4S2. The van der Waals surface area contributed by atoms with Crippen LogP contribution in [0.2, 0.25) is 0 Å². The molecule has 2 saturated heterocycles. The number of benzene rings is 1. The molecule has 2 aromatic rings. The molecule has 1 aromatic carbocycles. The second-order valence-corrected chi connectivity index (χ2v) is 11.3. The van der Waals surface area contributed by atoms with Gasteiger partial charge in [0.05, 0.1) is 36.6 Å². The second-order valence-electron chi connectivity index (χ2n) is 7.91. The van der Waals surface area contributed by atoms with Gasteiger partial charge >= 0.3 is 0 Å². The molecule has 2 aliphatic rings. The maximum absolute atomic E-state index is 12.4. The number of hydrogen-bond acceptors (Lipinski definition) is 8. The Morgan fingerprint density at radius 2 is 2.09 bits per heavy atom. The number of nitriles is 1. The molecule has 33 heavy (non-hydrogen) atoms. The van der Waals surface area contributed by atoms with Crippen molar-refractivity contribution in [3.05, 3.63) is 60.2 Å². The van der Waals surface area contributed by atoms with E-state index < -0.39 is 15.7 Å². The number of fused-ring (bicyclic) bond motifs is 1. The van der Waals surface area contributed by atoms with Gasteiger partial charge in [-0.15, -0.1) is 0 Å². The summed E-state index contributed by atoms with van der Waals surface area (Å²) in [6.07, 6.45) is 2.74. The molecule has 11 heteroatoms. The number of hydrogen-bond donors (Lipinski definition) is 1. The molecule has 0 spiro atoms. The molecule has 3 heterocycles. The van der Waals surface area contributed by atoms with E-state index >= 15 is 0 Å². The van der Waals surface area contributed by atoms with Gasteiger partial charge in [0.15, 0.2) is 15.0 Å². The standard InChI is InChI=1S/C22H23N5O4S2/c1-26(2)16-5-7-17(8-6-16)27-19-13-33(29,30)14-20(19)32-22(27)25-11-15(10-23)21(28)24-12-18-4-3-9-31-18/h3-9,11,19-20H,12-14H2,1-2H3,(H,24,28)/b15-11+,25-22?/t19-,20-/m1/s1. The number of amides is 1. The Balaban J connectivity index is 1.59. The molecule has 0 unspecified atom stereocenters. The van der Waals surface area contributed by atoms with E-state index in [1.165, 1.54) is 24.2 Å². The summed E-state index contributed by atoms with van der Waals surface area (Å²) in [5.41, 5.74) is 1.67. The fourth-order valence-electron chi connectivity index (χ4n) is 3.72. The number of aliphatic imine (C=N–C) groups is 1. The first-order valence-corrected chi connectivity index (χ1v) is 12.9. The van der Waals surface area contributed by atoms with Gasteiger partial charge in [-0.25, -0.2) is 13.4 Å². The first kappa shape index (κ1) is 22.9. The highest BCUT2D eigenvalue weighted by Gasteiger charge is 2.49. The number of thioether (sulfide) groups is 1. The quantitative estimate of drug-likeness (QED) is 0.488. The predicted octanol–water partition coefficient (Wildman–Crippen LogP) is 2.14. The zero-order valence-corrected chi connectivity index (χ0v) is 19.8. The van der Waals surface area contributed by atoms with E-state index in [0.29, 0.717) is 10.9 Å². The lowest BCUT2D eigenvalue weighted by atomic mass is 10.2. The third-order valence-corrected chi connectivity index (χ3v) is 8.61. The molecule has 1 N–H and O–H groups in total. The van der Waals surface area contributed by atoms with Gasteiger partial charge in [0.1, 0.15) is 17.4 Å². The smallest absolute Gasteiger partial charge is 0.263 e. The Morgan fingerprint density at radius 1 is 1.33 bits per heavy atom. The summed E-state index contributed by atoms with van der Waals surface area (Å²) in [4.78, 5) is 20.7. The van der Waals surface area contributed by atoms with Crippen molar-refractivity contribution in [2.45, 2.75) is 17.8 Å². The van der Waals surface area contributed by atoms with E-state index in [0.717, 1.165) is 11.4 Å². The topological polar surface area (TPSA) is 119 Å². The van der Waals surface area contributed by atoms with E-state index in [9.17, 15) is 18.5 Å². The van der Waals surface area contributed by atoms with Crippen molar-refractivity contribution in [1.82, 2.24) is 5.32 Å². The van der Waals surface area contributed by atoms with Gasteiger partial charge in [0.25, 0.3) is 5.91 Å². The highest BCUT2D eigenvalue weighted by molar-refractivity contribution is 8.16. The molecule has 2 fully saturated rings. The van der Waals surface area contributed by atoms with Gasteiger partial charge in [-0.2, -0.15) is 5.26 Å². The average Bonchev–Trinajstić information content (AvgIpc) is 3.47. The summed E-state index contributed by atoms with van der Waals surface area (Å²) in [6.45, 7) is 0.155. The second kappa shape index (κ2) is 9.33. The number of carbonyl (C=O) groups is 1. The van der Waals surface area contributed by atoms with Crippen molar-refractivity contribution in [3.63, 3.8) is 0 Å². The van der Waals surface area contributed by atoms with Crippen LogP contribution in [0.1, 0.15) is 5.76 Å². The SMILES string of the molecule is CN(C)c1ccc(N2C(=N/C=C(\C#N)C(=O)NCc3ccco3)S[C@@H]3CS(=O)(=O)C[C@H]32)cc1. The number of nitrogens with one attached hydrogen (secondary N) is 1. The zero-order chi connectivity index (χ0) is 23.6. The molecule has 172 valence electrons. The number of sulfone groups is 1. The minimum absolute atomic E-state index is 0.0393. The summed E-state index contributed by atoms with van der Waals surface area (Å²) < 4.78 is 29.7. The molecular weight excluding hydrogens is 462 g/mol. The number of amidine groups is 1. The number of rotatable bonds is 6. The van der Waals surface area contributed by atoms with Crippen molar-refractivity contribution in [2.24, 2.45) is 4.99 Å². The largest absolute Gasteiger partial charge is 0.467 e. The Hall–Kier alpha value is -3.23. The third-order valence-electron chi connectivity index (χ3n) is 5.38. The first-order chi connectivity index (χ1) is 15.8. The summed E-state index contributed by atoms with van der Waals surface area (Å²) in [5.74, 6) is 0.120. The maximum atomic E-state index is 12.4. The van der Waals surface area contributed by atoms with Crippen LogP contribution >= 0.6 is 11.8 Å². The minimum Gasteiger partial charge on any atom is -0.467 e. The number of furan rings is 1. The lowest BCUT2D eigenvalue weighted by Crippen LogP contribution is -2.37. The highest BCUT2D eigenvalue weighted by atomic mass is 32.2. The number of nitrogens with zero attached hydrogens (tertiary/aromatic N) is 4. The molecule has 0 saturated carbocycles. The van der Waals surface area contributed by atoms with E-state index in [1.54, 1.807) is 12.1 Å². The van der Waals surface area contributed by atoms with E-state index in [2.05, 4.69) is 10.3 Å². The summed E-state index contributed by atoms with van der Waals surface area (Å²) in [5, 5.41) is 12.5. The molecule has 9 nitrogen and oxygen atoms in total. The van der Waals surface area contributed by atoms with Gasteiger partial charge in [0, 0.05) is 30.7 Å². The van der Waals surface area contributed by atoms with Gasteiger partial charge in [-0.3, -0.25) is 4.79 Å². The molecule has 0 bridgehead atoms. The molecule has 1 amide bonds. The molecule has 2 aliphatic heterocycles. The summed E-state index contributed by atoms with van der Waals surface area (Å²) in [7, 11) is 0.749. The number of carbonyl (C=O) groups excluding carboxylic acids is 1. The van der Waals surface area contributed by atoms with Crippen LogP contribution in [-0.4, -0.2) is 56.4 Å². The Bertz CT molecular complexity index is 1230. The summed E-state index contributed by atoms with van der Waals surface area (Å²) in [6, 6.07) is 12.8. The van der Waals surface area contributed by atoms with E-state index in [-0.39, 0.29) is 34.9 Å². The van der Waals surface area contributed by atoms with Gasteiger partial charge < -0.3 is 19.5 Å². The normalized spacial score (nSPS) is 22.8. The molecule has 2 atom stereocenters. The highest BCUT2D eigenvalue weighted by Crippen LogP contribution is 2.41. The third kappa shape index (κ3) is 5.07. The monoisotopic (exact) mass is 485 g/mol. The summed E-state index contributed by atoms with van der Waals surface area (Å²) >= 11 is 1.36. The lowest BCUT2D eigenvalue weighted by molar-refractivity contribution is -0.117. The first-order valence-electron chi connectivity index (χ1n) is 10.2. The van der Waals surface area contributed by atoms with Gasteiger partial charge in [-0.05, 0) is 36.4 Å². The Kier molecular flexibility index (Phi) is 6.49. The van der Waals surface area contributed by atoms with Crippen LogP contribution in [0.25, 0.3) is 0 Å². The van der Waals surface area contributed by atoms with E-state index in [4.69, 9.17) is 4.42 Å². The molecule has 1 aromatic heterocycles. The molecule has 4 rings (SSSR count). The van der Waals surface area contributed by atoms with Crippen molar-refractivity contribution in [1.29, 1.82) is 5.26 Å². The lowest BCUT2D eigenvalue weighted by Gasteiger charge is -2.25. The van der Waals surface area contributed by atoms with Crippen LogP contribution in [0.4, 0.5) is 11.4 Å². The number of anilines is 2. The maximum Gasteiger partial charge on any atom is 0.263 e. The Labute approximate surface area is 196 Å². The van der Waals surface area contributed by atoms with Crippen molar-refractivity contribution >= 4 is 44.0 Å². The van der Waals surface area contributed by atoms with Crippen LogP contribution in [0.15, 0.2) is 63.8 Å². The molecule has 0 aliphatic carbocycles.